The number of aromatic nitrogens is 2. The summed E-state index contributed by atoms with van der Waals surface area (Å²) in [6.07, 6.45) is 8.85. The summed E-state index contributed by atoms with van der Waals surface area (Å²) in [6, 6.07) is 17.8. The maximum atomic E-state index is 14.6. The first kappa shape index (κ1) is 43.1. The molecule has 342 valence electrons. The highest BCUT2D eigenvalue weighted by Crippen LogP contribution is 2.54. The summed E-state index contributed by atoms with van der Waals surface area (Å²) in [5, 5.41) is 15.5. The Hall–Kier alpha value is -5.82. The van der Waals surface area contributed by atoms with Crippen molar-refractivity contribution in [3.8, 4) is 17.2 Å². The first-order valence-electron chi connectivity index (χ1n) is 22.4. The molecule has 65 heavy (non-hydrogen) atoms. The number of pyridine rings is 1. The average molecular weight is 910 g/mol. The molecule has 10 rings (SSSR count). The molecule has 0 unspecified atom stereocenters. The van der Waals surface area contributed by atoms with Crippen molar-refractivity contribution in [1.82, 2.24) is 19.6 Å². The monoisotopic (exact) mass is 909 g/mol. The van der Waals surface area contributed by atoms with Crippen LogP contribution in [0.1, 0.15) is 85.8 Å². The number of carbonyl (C=O) groups is 1. The van der Waals surface area contributed by atoms with Crippen LogP contribution in [-0.2, 0) is 19.5 Å². The number of nitrogens with one attached hydrogen (secondary N) is 3. The fourth-order valence-corrected chi connectivity index (χ4v) is 11.6. The Kier molecular flexibility index (Phi) is 11.4. The number of aromatic amines is 1. The summed E-state index contributed by atoms with van der Waals surface area (Å²) in [7, 11) is -4.72. The molecule has 1 aliphatic carbocycles. The lowest BCUT2D eigenvalue weighted by molar-refractivity contribution is -0.384. The fourth-order valence-electron chi connectivity index (χ4n) is 10.6. The summed E-state index contributed by atoms with van der Waals surface area (Å²) < 4.78 is 67.8. The summed E-state index contributed by atoms with van der Waals surface area (Å²) in [5.74, 6) is -1.04. The number of nitro groups is 1. The van der Waals surface area contributed by atoms with Crippen LogP contribution < -0.4 is 24.4 Å². The molecule has 6 heterocycles. The van der Waals surface area contributed by atoms with Crippen molar-refractivity contribution in [2.24, 2.45) is 5.41 Å². The minimum absolute atomic E-state index is 0.00865. The number of hydrogen-bond acceptors (Lipinski definition) is 13. The third-order valence-corrected chi connectivity index (χ3v) is 15.3. The van der Waals surface area contributed by atoms with Crippen LogP contribution in [0.15, 0.2) is 78.0 Å². The van der Waals surface area contributed by atoms with Crippen molar-refractivity contribution >= 4 is 44.0 Å². The molecule has 3 aromatic carbocycles. The van der Waals surface area contributed by atoms with Crippen LogP contribution >= 0.6 is 0 Å². The molecule has 5 aromatic rings. The number of sulfonamides is 1. The van der Waals surface area contributed by atoms with E-state index < -0.39 is 49.4 Å². The number of fused-ring (bicyclic) bond motifs is 2. The summed E-state index contributed by atoms with van der Waals surface area (Å²) >= 11 is 0. The number of halogens is 1. The molecule has 5 aliphatic rings. The van der Waals surface area contributed by atoms with Gasteiger partial charge in [-0.25, -0.2) is 22.5 Å². The third kappa shape index (κ3) is 8.36. The van der Waals surface area contributed by atoms with Gasteiger partial charge in [0.15, 0.2) is 11.4 Å². The van der Waals surface area contributed by atoms with Crippen molar-refractivity contribution in [1.29, 1.82) is 0 Å². The van der Waals surface area contributed by atoms with E-state index in [0.29, 0.717) is 36.9 Å². The predicted octanol–water partition coefficient (Wildman–Crippen LogP) is 7.82. The van der Waals surface area contributed by atoms with E-state index in [1.807, 2.05) is 0 Å². The quantitative estimate of drug-likeness (QED) is 0.0860. The van der Waals surface area contributed by atoms with E-state index in [9.17, 15) is 27.7 Å². The van der Waals surface area contributed by atoms with E-state index in [2.05, 4.69) is 67.9 Å². The molecule has 0 radical (unpaired) electrons. The first-order valence-corrected chi connectivity index (χ1v) is 23.9. The maximum Gasteiger partial charge on any atom is 0.297 e. The van der Waals surface area contributed by atoms with Gasteiger partial charge in [-0.05, 0) is 85.7 Å². The van der Waals surface area contributed by atoms with Crippen LogP contribution in [0.5, 0.6) is 17.2 Å². The Morgan fingerprint density at radius 3 is 2.65 bits per heavy atom. The number of likely N-dealkylation sites (tertiary alicyclic amines) is 1. The van der Waals surface area contributed by atoms with Gasteiger partial charge in [0.05, 0.1) is 52.8 Å². The van der Waals surface area contributed by atoms with Crippen LogP contribution in [0.4, 0.5) is 21.5 Å². The molecular weight excluding hydrogens is 858 g/mol. The molecule has 4 aliphatic heterocycles. The molecule has 16 nitrogen and oxygen atoms in total. The largest absolute Gasteiger partial charge is 0.489 e. The molecule has 4 fully saturated rings. The third-order valence-electron chi connectivity index (χ3n) is 14.0. The van der Waals surface area contributed by atoms with Crippen LogP contribution in [0, 0.1) is 21.3 Å². The number of nitrogens with zero attached hydrogens (tertiary/aromatic N) is 4. The van der Waals surface area contributed by atoms with Gasteiger partial charge in [0.1, 0.15) is 35.7 Å². The first-order chi connectivity index (χ1) is 31.3. The van der Waals surface area contributed by atoms with Crippen molar-refractivity contribution in [2.45, 2.75) is 87.4 Å². The van der Waals surface area contributed by atoms with Crippen LogP contribution in [-0.4, -0.2) is 98.4 Å². The molecular formula is C47H52FN7O9S. The number of amides is 1. The Labute approximate surface area is 376 Å². The summed E-state index contributed by atoms with van der Waals surface area (Å²) in [4.78, 5) is 37.1. The van der Waals surface area contributed by atoms with E-state index >= 15 is 0 Å². The van der Waals surface area contributed by atoms with Gasteiger partial charge < -0.3 is 34.1 Å². The van der Waals surface area contributed by atoms with Gasteiger partial charge >= 0.3 is 0 Å². The van der Waals surface area contributed by atoms with E-state index in [4.69, 9.17) is 18.9 Å². The Morgan fingerprint density at radius 2 is 1.88 bits per heavy atom. The molecule has 3 atom stereocenters. The number of nitro benzene ring substituents is 1. The van der Waals surface area contributed by atoms with E-state index in [0.717, 1.165) is 63.1 Å². The van der Waals surface area contributed by atoms with Crippen molar-refractivity contribution in [3.63, 3.8) is 0 Å². The number of ether oxygens (including phenoxy) is 4. The van der Waals surface area contributed by atoms with Gasteiger partial charge in [0.25, 0.3) is 21.6 Å². The molecule has 3 N–H and O–H groups in total. The van der Waals surface area contributed by atoms with Gasteiger partial charge in [0.2, 0.25) is 0 Å². The molecule has 18 heteroatoms. The van der Waals surface area contributed by atoms with Crippen LogP contribution in [0.25, 0.3) is 11.0 Å². The highest BCUT2D eigenvalue weighted by molar-refractivity contribution is 7.90. The Balaban J connectivity index is 0.869. The Morgan fingerprint density at radius 1 is 1.06 bits per heavy atom. The predicted molar refractivity (Wildman–Crippen MR) is 240 cm³/mol. The van der Waals surface area contributed by atoms with E-state index in [1.54, 1.807) is 12.1 Å². The number of rotatable bonds is 11. The van der Waals surface area contributed by atoms with Crippen LogP contribution in [0.2, 0.25) is 0 Å². The number of anilines is 2. The molecule has 2 aromatic heterocycles. The SMILES string of the molecule is CC(C)c1ccccc1[C@H]1CCCN1C1CC2(CCN(c3ccc(C(=O)NS(=O)(=O)c4cc5c(c([N+](=O)[O-])c4)N[C@@H]([C@H]4COCCO4)CO5)c(Oc4cnc5[nH]cc(F)c5c4)c3)CC2)C1. The van der Waals surface area contributed by atoms with Gasteiger partial charge in [-0.2, -0.15) is 0 Å². The average Bonchev–Trinajstić information content (AvgIpc) is 3.94. The topological polar surface area (TPSA) is 190 Å². The van der Waals surface area contributed by atoms with Crippen molar-refractivity contribution in [3.05, 3.63) is 106 Å². The summed E-state index contributed by atoms with van der Waals surface area (Å²) in [5.41, 5.74) is 3.55. The lowest BCUT2D eigenvalue weighted by Gasteiger charge is -2.56. The number of piperidine rings is 1. The number of H-pyrrole nitrogens is 1. The minimum Gasteiger partial charge on any atom is -0.489 e. The lowest BCUT2D eigenvalue weighted by Crippen LogP contribution is -2.54. The highest BCUT2D eigenvalue weighted by atomic mass is 32.2. The molecule has 3 saturated heterocycles. The molecule has 1 saturated carbocycles. The second-order valence-corrected chi connectivity index (χ2v) is 20.0. The number of carbonyl (C=O) groups excluding carboxylic acids is 1. The van der Waals surface area contributed by atoms with Crippen molar-refractivity contribution < 1.29 is 41.5 Å². The van der Waals surface area contributed by atoms with Gasteiger partial charge in [-0.15, -0.1) is 0 Å². The fraction of sp³-hybridized carbons (Fsp3) is 0.447. The lowest BCUT2D eigenvalue weighted by atomic mass is 9.59. The second kappa shape index (κ2) is 17.2. The van der Waals surface area contributed by atoms with Gasteiger partial charge in [-0.1, -0.05) is 38.1 Å². The van der Waals surface area contributed by atoms with Gasteiger partial charge in [-0.3, -0.25) is 19.8 Å². The zero-order valence-corrected chi connectivity index (χ0v) is 37.1. The number of hydrogen-bond donors (Lipinski definition) is 3. The zero-order chi connectivity index (χ0) is 45.0. The maximum absolute atomic E-state index is 14.6. The highest BCUT2D eigenvalue weighted by Gasteiger charge is 2.50. The standard InChI is InChI=1S/C47H52FN7O9S/c1-28(2)33-6-3-4-7-34(33)39-8-5-13-54(39)30-22-47(23-30)11-14-53(15-12-47)29-9-10-35(41(18-29)64-31-19-36-37(48)25-50-45(36)49-24-31)46(56)52-65(59,60)32-20-40(55(57)58)44-42(21-32)63-26-38(51-44)43-27-61-16-17-62-43/h3-4,6-7,9-10,18-21,24-25,28,30,38-39,43,51H,5,8,11-17,22-23,26-27H2,1-2H3,(H,49,50)(H,52,56)/t38-,39-,43-/m1/s1. The number of benzene rings is 3. The molecule has 1 spiro atoms. The smallest absolute Gasteiger partial charge is 0.297 e. The molecule has 1 amide bonds. The normalized spacial score (nSPS) is 22.3. The minimum atomic E-state index is -4.72. The second-order valence-electron chi connectivity index (χ2n) is 18.3. The van der Waals surface area contributed by atoms with E-state index in [-0.39, 0.29) is 52.5 Å². The Bertz CT molecular complexity index is 2750. The van der Waals surface area contributed by atoms with E-state index in [1.165, 1.54) is 48.5 Å². The van der Waals surface area contributed by atoms with Crippen LogP contribution in [0.3, 0.4) is 0 Å². The van der Waals surface area contributed by atoms with Crippen molar-refractivity contribution in [2.75, 3.05) is 56.3 Å². The summed E-state index contributed by atoms with van der Waals surface area (Å²) in [6.45, 7) is 8.31. The van der Waals surface area contributed by atoms with Gasteiger partial charge in [0, 0.05) is 55.3 Å². The zero-order valence-electron chi connectivity index (χ0n) is 36.3. The molecule has 0 bridgehead atoms.